The lowest BCUT2D eigenvalue weighted by molar-refractivity contribution is -0.114. The third-order valence-corrected chi connectivity index (χ3v) is 6.89. The van der Waals surface area contributed by atoms with Gasteiger partial charge in [-0.05, 0) is 78.4 Å². The molecule has 8 nitrogen and oxygen atoms in total. The number of pyridine rings is 1. The number of amidine groups is 2. The van der Waals surface area contributed by atoms with E-state index in [1.165, 1.54) is 16.8 Å². The molecule has 0 radical (unpaired) electrons. The predicted molar refractivity (Wildman–Crippen MR) is 147 cm³/mol. The third-order valence-electron chi connectivity index (χ3n) is 5.51. The lowest BCUT2D eigenvalue weighted by Gasteiger charge is -2.20. The van der Waals surface area contributed by atoms with E-state index in [1.54, 1.807) is 18.5 Å². The molecule has 2 aliphatic heterocycles. The van der Waals surface area contributed by atoms with Crippen molar-refractivity contribution in [1.29, 1.82) is 5.41 Å². The molecule has 0 unspecified atom stereocenters. The molecule has 3 aromatic rings. The molecule has 1 N–H and O–H groups in total. The zero-order valence-corrected chi connectivity index (χ0v) is 21.4. The standard InChI is InChI=1S/C27H22ClN5O3S/c1-17-14-21(9-10-23(17)28)36-13-3-12-35-20-7-5-18(6-8-20)15-22-24(29)33-27(31-25(22)34)37-26(32-33)19-4-2-11-30-16-19/h2,4-11,14-16,29H,3,12-13H2,1H3/b22-15-,29-24?. The summed E-state index contributed by atoms with van der Waals surface area (Å²) in [5.74, 6) is 1.00. The summed E-state index contributed by atoms with van der Waals surface area (Å²) in [6.45, 7) is 2.96. The summed E-state index contributed by atoms with van der Waals surface area (Å²) < 4.78 is 11.5. The summed E-state index contributed by atoms with van der Waals surface area (Å²) in [4.78, 5) is 20.9. The number of rotatable bonds is 8. The highest BCUT2D eigenvalue weighted by atomic mass is 35.5. The van der Waals surface area contributed by atoms with Crippen LogP contribution in [-0.4, -0.2) is 45.2 Å². The largest absolute Gasteiger partial charge is 0.493 e. The number of halogens is 1. The van der Waals surface area contributed by atoms with E-state index in [0.29, 0.717) is 29.2 Å². The van der Waals surface area contributed by atoms with Crippen LogP contribution in [0.3, 0.4) is 0 Å². The van der Waals surface area contributed by atoms with Crippen LogP contribution < -0.4 is 9.47 Å². The summed E-state index contributed by atoms with van der Waals surface area (Å²) in [7, 11) is 0. The summed E-state index contributed by atoms with van der Waals surface area (Å²) >= 11 is 7.28. The van der Waals surface area contributed by atoms with Gasteiger partial charge in [-0.3, -0.25) is 15.2 Å². The second-order valence-electron chi connectivity index (χ2n) is 8.20. The van der Waals surface area contributed by atoms with E-state index >= 15 is 0 Å². The number of aryl methyl sites for hydroxylation is 1. The summed E-state index contributed by atoms with van der Waals surface area (Å²) in [5.41, 5.74) is 2.70. The lowest BCUT2D eigenvalue weighted by Crippen LogP contribution is -2.35. The molecule has 0 bridgehead atoms. The smallest absolute Gasteiger partial charge is 0.283 e. The SMILES string of the molecule is Cc1cc(OCCCOc2ccc(/C=C3/C(=N)N4N=C(c5cccnc5)SC4=NC3=O)cc2)ccc1Cl. The van der Waals surface area contributed by atoms with Crippen LogP contribution in [0.4, 0.5) is 0 Å². The number of hydrazone groups is 1. The number of hydrogen-bond acceptors (Lipinski definition) is 7. The van der Waals surface area contributed by atoms with E-state index in [1.807, 2.05) is 61.5 Å². The zero-order chi connectivity index (χ0) is 25.8. The van der Waals surface area contributed by atoms with Gasteiger partial charge >= 0.3 is 0 Å². The lowest BCUT2D eigenvalue weighted by atomic mass is 10.1. The normalized spacial score (nSPS) is 15.9. The molecule has 2 aliphatic rings. The van der Waals surface area contributed by atoms with Crippen LogP contribution in [0.1, 0.15) is 23.1 Å². The predicted octanol–water partition coefficient (Wildman–Crippen LogP) is 5.56. The first kappa shape index (κ1) is 24.7. The summed E-state index contributed by atoms with van der Waals surface area (Å²) in [6, 6.07) is 16.6. The number of aliphatic imine (C=N–C) groups is 1. The number of ether oxygens (including phenoxy) is 2. The minimum atomic E-state index is -0.470. The number of fused-ring (bicyclic) bond motifs is 1. The summed E-state index contributed by atoms with van der Waals surface area (Å²) in [5, 5.41) is 16.1. The fourth-order valence-corrected chi connectivity index (χ4v) is 4.57. The maximum absolute atomic E-state index is 12.7. The Labute approximate surface area is 223 Å². The first-order valence-corrected chi connectivity index (χ1v) is 12.7. The molecule has 0 fully saturated rings. The minimum absolute atomic E-state index is 0.0161. The molecular formula is C27H22ClN5O3S. The van der Waals surface area contributed by atoms with E-state index in [-0.39, 0.29) is 11.4 Å². The van der Waals surface area contributed by atoms with Crippen molar-refractivity contribution in [2.24, 2.45) is 10.1 Å². The van der Waals surface area contributed by atoms with Gasteiger partial charge in [0.25, 0.3) is 5.91 Å². The molecule has 0 spiro atoms. The van der Waals surface area contributed by atoms with Crippen molar-refractivity contribution < 1.29 is 14.3 Å². The van der Waals surface area contributed by atoms with Gasteiger partial charge in [0.2, 0.25) is 5.17 Å². The number of thioether (sulfide) groups is 1. The van der Waals surface area contributed by atoms with Crippen molar-refractivity contribution in [3.63, 3.8) is 0 Å². The molecule has 0 saturated carbocycles. The Morgan fingerprint density at radius 3 is 2.57 bits per heavy atom. The highest BCUT2D eigenvalue weighted by Crippen LogP contribution is 2.30. The van der Waals surface area contributed by atoms with Gasteiger partial charge < -0.3 is 9.47 Å². The Balaban J connectivity index is 1.17. The van der Waals surface area contributed by atoms with Crippen LogP contribution in [0.25, 0.3) is 6.08 Å². The van der Waals surface area contributed by atoms with E-state index in [0.717, 1.165) is 33.9 Å². The molecule has 2 aromatic carbocycles. The Morgan fingerprint density at radius 2 is 1.84 bits per heavy atom. The molecule has 1 aromatic heterocycles. The van der Waals surface area contributed by atoms with Crippen LogP contribution >= 0.6 is 23.4 Å². The number of amides is 1. The average Bonchev–Trinajstić information content (AvgIpc) is 3.34. The van der Waals surface area contributed by atoms with Crippen LogP contribution in [0, 0.1) is 12.3 Å². The molecule has 0 saturated heterocycles. The fourth-order valence-electron chi connectivity index (χ4n) is 3.57. The zero-order valence-electron chi connectivity index (χ0n) is 19.8. The molecule has 5 rings (SSSR count). The van der Waals surface area contributed by atoms with Crippen molar-refractivity contribution in [2.45, 2.75) is 13.3 Å². The quantitative estimate of drug-likeness (QED) is 0.302. The molecule has 10 heteroatoms. The Morgan fingerprint density at radius 1 is 1.08 bits per heavy atom. The van der Waals surface area contributed by atoms with Crippen molar-refractivity contribution in [1.82, 2.24) is 9.99 Å². The van der Waals surface area contributed by atoms with Crippen molar-refractivity contribution in [3.05, 3.63) is 94.3 Å². The molecule has 1 amide bonds. The topological polar surface area (TPSA) is 100 Å². The second-order valence-corrected chi connectivity index (χ2v) is 9.56. The molecule has 0 atom stereocenters. The van der Waals surface area contributed by atoms with E-state index in [2.05, 4.69) is 15.1 Å². The first-order valence-electron chi connectivity index (χ1n) is 11.5. The van der Waals surface area contributed by atoms with Crippen molar-refractivity contribution in [2.75, 3.05) is 13.2 Å². The second kappa shape index (κ2) is 11.0. The van der Waals surface area contributed by atoms with Gasteiger partial charge in [0.05, 0.1) is 18.8 Å². The Bertz CT molecular complexity index is 1440. The fraction of sp³-hybridized carbons (Fsp3) is 0.148. The van der Waals surface area contributed by atoms with Crippen LogP contribution in [0.5, 0.6) is 11.5 Å². The highest BCUT2D eigenvalue weighted by molar-refractivity contribution is 8.27. The maximum Gasteiger partial charge on any atom is 0.283 e. The Kier molecular flexibility index (Phi) is 7.34. The number of nitrogens with zero attached hydrogens (tertiary/aromatic N) is 4. The van der Waals surface area contributed by atoms with Gasteiger partial charge in [0.15, 0.2) is 5.84 Å². The third kappa shape index (κ3) is 5.73. The highest BCUT2D eigenvalue weighted by Gasteiger charge is 2.36. The van der Waals surface area contributed by atoms with Gasteiger partial charge in [-0.25, -0.2) is 0 Å². The van der Waals surface area contributed by atoms with Crippen LogP contribution in [0.15, 0.2) is 82.7 Å². The average molecular weight is 532 g/mol. The van der Waals surface area contributed by atoms with Crippen LogP contribution in [0.2, 0.25) is 5.02 Å². The number of hydrogen-bond donors (Lipinski definition) is 1. The van der Waals surface area contributed by atoms with Gasteiger partial charge in [-0.1, -0.05) is 23.7 Å². The number of carbonyl (C=O) groups excluding carboxylic acids is 1. The molecule has 37 heavy (non-hydrogen) atoms. The van der Waals surface area contributed by atoms with E-state index in [9.17, 15) is 4.79 Å². The molecule has 186 valence electrons. The number of aromatic nitrogens is 1. The van der Waals surface area contributed by atoms with Gasteiger partial charge in [0, 0.05) is 29.4 Å². The molecule has 0 aliphatic carbocycles. The minimum Gasteiger partial charge on any atom is -0.493 e. The molecular weight excluding hydrogens is 510 g/mol. The Hall–Kier alpha value is -3.95. The number of benzene rings is 2. The first-order chi connectivity index (χ1) is 18.0. The number of nitrogens with one attached hydrogen (secondary N) is 1. The number of carbonyl (C=O) groups is 1. The van der Waals surface area contributed by atoms with E-state index < -0.39 is 5.91 Å². The van der Waals surface area contributed by atoms with Crippen molar-refractivity contribution in [3.8, 4) is 11.5 Å². The summed E-state index contributed by atoms with van der Waals surface area (Å²) in [6.07, 6.45) is 5.72. The van der Waals surface area contributed by atoms with Gasteiger partial charge in [-0.2, -0.15) is 15.1 Å². The van der Waals surface area contributed by atoms with Gasteiger partial charge in [-0.15, -0.1) is 0 Å². The van der Waals surface area contributed by atoms with Crippen molar-refractivity contribution >= 4 is 51.4 Å². The molecule has 3 heterocycles. The van der Waals surface area contributed by atoms with E-state index in [4.69, 9.17) is 26.5 Å². The van der Waals surface area contributed by atoms with Crippen LogP contribution in [-0.2, 0) is 4.79 Å². The monoisotopic (exact) mass is 531 g/mol. The maximum atomic E-state index is 12.7. The van der Waals surface area contributed by atoms with Gasteiger partial charge in [0.1, 0.15) is 16.5 Å².